The molecular weight excluding hydrogens is 227 g/mol. The van der Waals surface area contributed by atoms with Crippen molar-refractivity contribution in [1.29, 1.82) is 0 Å². The van der Waals surface area contributed by atoms with Crippen LogP contribution in [0.15, 0.2) is 24.4 Å². The molecule has 0 aliphatic carbocycles. The van der Waals surface area contributed by atoms with Gasteiger partial charge < -0.3 is 0 Å². The number of halogens is 1. The zero-order valence-electron chi connectivity index (χ0n) is 8.64. The van der Waals surface area contributed by atoms with Gasteiger partial charge in [-0.05, 0) is 30.2 Å². The number of aromatic nitrogens is 2. The van der Waals surface area contributed by atoms with Crippen molar-refractivity contribution < 1.29 is 4.39 Å². The van der Waals surface area contributed by atoms with Gasteiger partial charge in [0, 0.05) is 0 Å². The van der Waals surface area contributed by atoms with Gasteiger partial charge in [0.2, 0.25) is 0 Å². The van der Waals surface area contributed by atoms with Gasteiger partial charge in [-0.25, -0.2) is 9.82 Å². The molecule has 0 fully saturated rings. The summed E-state index contributed by atoms with van der Waals surface area (Å²) in [6.07, 6.45) is 1.62. The Labute approximate surface area is 96.6 Å². The first-order chi connectivity index (χ1) is 7.70. The second kappa shape index (κ2) is 4.65. The summed E-state index contributed by atoms with van der Waals surface area (Å²) in [5.74, 6) is 5.18. The van der Waals surface area contributed by atoms with Crippen LogP contribution in [0.2, 0.25) is 0 Å². The van der Waals surface area contributed by atoms with E-state index < -0.39 is 0 Å². The average Bonchev–Trinajstić information content (AvgIpc) is 2.70. The first-order valence-corrected chi connectivity index (χ1v) is 5.44. The highest BCUT2D eigenvalue weighted by Gasteiger charge is 2.16. The zero-order valence-corrected chi connectivity index (χ0v) is 9.46. The molecule has 0 aliphatic rings. The van der Waals surface area contributed by atoms with Crippen LogP contribution in [0.25, 0.3) is 0 Å². The molecule has 1 atom stereocenters. The van der Waals surface area contributed by atoms with Crippen LogP contribution in [-0.2, 0) is 0 Å². The molecule has 16 heavy (non-hydrogen) atoms. The highest BCUT2D eigenvalue weighted by Crippen LogP contribution is 2.21. The van der Waals surface area contributed by atoms with Crippen LogP contribution in [0.4, 0.5) is 4.39 Å². The van der Waals surface area contributed by atoms with Crippen molar-refractivity contribution in [2.75, 3.05) is 0 Å². The Bertz CT molecular complexity index is 451. The van der Waals surface area contributed by atoms with E-state index in [2.05, 4.69) is 14.2 Å². The minimum absolute atomic E-state index is 0.279. The zero-order chi connectivity index (χ0) is 11.5. The highest BCUT2D eigenvalue weighted by atomic mass is 32.1. The van der Waals surface area contributed by atoms with E-state index in [4.69, 9.17) is 5.84 Å². The second-order valence-corrected chi connectivity index (χ2v) is 4.05. The van der Waals surface area contributed by atoms with Gasteiger partial charge in [-0.2, -0.15) is 8.75 Å². The molecule has 2 rings (SSSR count). The Morgan fingerprint density at radius 2 is 2.25 bits per heavy atom. The van der Waals surface area contributed by atoms with E-state index in [0.717, 1.165) is 22.9 Å². The summed E-state index contributed by atoms with van der Waals surface area (Å²) in [6.45, 7) is 1.83. The van der Waals surface area contributed by atoms with Crippen molar-refractivity contribution in [2.24, 2.45) is 5.84 Å². The van der Waals surface area contributed by atoms with Crippen molar-refractivity contribution in [3.63, 3.8) is 0 Å². The molecule has 2 aromatic rings. The van der Waals surface area contributed by atoms with Crippen molar-refractivity contribution in [3.8, 4) is 0 Å². The molecule has 0 bridgehead atoms. The minimum Gasteiger partial charge on any atom is -0.271 e. The van der Waals surface area contributed by atoms with E-state index in [1.54, 1.807) is 6.20 Å². The molecule has 0 saturated heterocycles. The number of benzene rings is 1. The third-order valence-corrected chi connectivity index (χ3v) is 2.73. The molecular formula is C10H11FN4S. The summed E-state index contributed by atoms with van der Waals surface area (Å²) in [6, 6.07) is 4.45. The molecule has 1 aromatic heterocycles. The number of nitrogens with one attached hydrogen (secondary N) is 1. The van der Waals surface area contributed by atoms with Crippen molar-refractivity contribution >= 4 is 11.7 Å². The Kier molecular flexibility index (Phi) is 3.23. The van der Waals surface area contributed by atoms with Gasteiger partial charge in [-0.1, -0.05) is 6.07 Å². The van der Waals surface area contributed by atoms with Crippen LogP contribution < -0.4 is 11.3 Å². The predicted octanol–water partition coefficient (Wildman–Crippen LogP) is 1.54. The van der Waals surface area contributed by atoms with Gasteiger partial charge >= 0.3 is 0 Å². The quantitative estimate of drug-likeness (QED) is 0.629. The van der Waals surface area contributed by atoms with Gasteiger partial charge in [0.15, 0.2) is 0 Å². The third-order valence-electron chi connectivity index (χ3n) is 2.24. The van der Waals surface area contributed by atoms with E-state index in [-0.39, 0.29) is 11.9 Å². The minimum atomic E-state index is -0.326. The molecule has 84 valence electrons. The molecule has 0 radical (unpaired) electrons. The van der Waals surface area contributed by atoms with Crippen LogP contribution >= 0.6 is 11.7 Å². The Hall–Kier alpha value is -1.37. The van der Waals surface area contributed by atoms with Crippen LogP contribution in [0.5, 0.6) is 0 Å². The van der Waals surface area contributed by atoms with E-state index in [1.165, 1.54) is 12.1 Å². The van der Waals surface area contributed by atoms with E-state index in [0.29, 0.717) is 5.69 Å². The maximum Gasteiger partial charge on any atom is 0.123 e. The number of hydrogen-bond donors (Lipinski definition) is 2. The fourth-order valence-electron chi connectivity index (χ4n) is 1.58. The fourth-order valence-corrected chi connectivity index (χ4v) is 2.03. The molecule has 4 nitrogen and oxygen atoms in total. The lowest BCUT2D eigenvalue weighted by Gasteiger charge is -2.14. The molecule has 1 unspecified atom stereocenters. The largest absolute Gasteiger partial charge is 0.271 e. The summed E-state index contributed by atoms with van der Waals surface area (Å²) in [7, 11) is 0. The number of aryl methyl sites for hydroxylation is 1. The summed E-state index contributed by atoms with van der Waals surface area (Å²) >= 11 is 1.10. The second-order valence-electron chi connectivity index (χ2n) is 3.49. The summed E-state index contributed by atoms with van der Waals surface area (Å²) in [4.78, 5) is 0. The molecule has 1 heterocycles. The maximum atomic E-state index is 13.3. The Balaban J connectivity index is 2.41. The highest BCUT2D eigenvalue weighted by molar-refractivity contribution is 6.99. The molecule has 3 N–H and O–H groups in total. The van der Waals surface area contributed by atoms with Crippen LogP contribution in [0, 0.1) is 12.7 Å². The molecule has 0 spiro atoms. The standard InChI is InChI=1S/C10H11FN4S/c1-6-2-7(4-8(11)3-6)10(14-12)9-5-13-16-15-9/h2-5,10,14H,12H2,1H3. The lowest BCUT2D eigenvalue weighted by molar-refractivity contribution is 0.599. The number of hydrazine groups is 1. The molecule has 0 aliphatic heterocycles. The lowest BCUT2D eigenvalue weighted by Crippen LogP contribution is -2.29. The normalized spacial score (nSPS) is 12.7. The van der Waals surface area contributed by atoms with Gasteiger partial charge in [0.25, 0.3) is 0 Å². The summed E-state index contributed by atoms with van der Waals surface area (Å²) in [5, 5.41) is 0. The van der Waals surface area contributed by atoms with Crippen LogP contribution in [-0.4, -0.2) is 8.75 Å². The van der Waals surface area contributed by atoms with Crippen molar-refractivity contribution in [1.82, 2.24) is 14.2 Å². The average molecular weight is 238 g/mol. The number of hydrogen-bond acceptors (Lipinski definition) is 5. The SMILES string of the molecule is Cc1cc(F)cc(C(NN)c2cnsn2)c1. The number of nitrogens with two attached hydrogens (primary N) is 1. The van der Waals surface area contributed by atoms with Gasteiger partial charge in [0.1, 0.15) is 5.82 Å². The van der Waals surface area contributed by atoms with E-state index in [9.17, 15) is 4.39 Å². The first kappa shape index (κ1) is 11.1. The molecule has 0 amide bonds. The number of rotatable bonds is 3. The van der Waals surface area contributed by atoms with Crippen molar-refractivity contribution in [3.05, 3.63) is 47.0 Å². The summed E-state index contributed by atoms with van der Waals surface area (Å²) < 4.78 is 21.3. The fraction of sp³-hybridized carbons (Fsp3) is 0.200. The number of nitrogens with zero attached hydrogens (tertiary/aromatic N) is 2. The molecule has 1 aromatic carbocycles. The smallest absolute Gasteiger partial charge is 0.123 e. The first-order valence-electron chi connectivity index (χ1n) is 4.71. The summed E-state index contributed by atoms with van der Waals surface area (Å²) in [5.41, 5.74) is 4.89. The predicted molar refractivity (Wildman–Crippen MR) is 60.2 cm³/mol. The third kappa shape index (κ3) is 2.24. The molecule has 6 heteroatoms. The van der Waals surface area contributed by atoms with E-state index >= 15 is 0 Å². The van der Waals surface area contributed by atoms with E-state index in [1.807, 2.05) is 13.0 Å². The lowest BCUT2D eigenvalue weighted by atomic mass is 10.0. The monoisotopic (exact) mass is 238 g/mol. The maximum absolute atomic E-state index is 13.3. The van der Waals surface area contributed by atoms with Crippen molar-refractivity contribution in [2.45, 2.75) is 13.0 Å². The topological polar surface area (TPSA) is 63.8 Å². The van der Waals surface area contributed by atoms with Crippen LogP contribution in [0.3, 0.4) is 0 Å². The van der Waals surface area contributed by atoms with Gasteiger partial charge in [-0.3, -0.25) is 5.84 Å². The molecule has 0 saturated carbocycles. The Morgan fingerprint density at radius 3 is 2.81 bits per heavy atom. The van der Waals surface area contributed by atoms with Gasteiger partial charge in [0.05, 0.1) is 29.7 Å². The Morgan fingerprint density at radius 1 is 1.44 bits per heavy atom. The van der Waals surface area contributed by atoms with Crippen LogP contribution in [0.1, 0.15) is 22.9 Å². The van der Waals surface area contributed by atoms with Gasteiger partial charge in [-0.15, -0.1) is 0 Å².